The Kier molecular flexibility index (Phi) is 9.24. The van der Waals surface area contributed by atoms with Crippen molar-refractivity contribution in [3.8, 4) is 5.75 Å². The molecule has 2 amide bonds. The number of ether oxygens (including phenoxy) is 1. The lowest BCUT2D eigenvalue weighted by Gasteiger charge is -2.08. The molecule has 4 aromatic rings. The molecule has 0 spiro atoms. The molecule has 4 rings (SSSR count). The van der Waals surface area contributed by atoms with Gasteiger partial charge in [0.2, 0.25) is 5.91 Å². The second-order valence-electron chi connectivity index (χ2n) is 8.06. The minimum absolute atomic E-state index is 0.160. The quantitative estimate of drug-likeness (QED) is 0.0835. The van der Waals surface area contributed by atoms with E-state index in [1.54, 1.807) is 54.6 Å². The summed E-state index contributed by atoms with van der Waals surface area (Å²) >= 11 is 12.0. The van der Waals surface area contributed by atoms with Crippen LogP contribution in [0.1, 0.15) is 31.8 Å². The molecule has 0 saturated carbocycles. The van der Waals surface area contributed by atoms with Crippen LogP contribution in [0.2, 0.25) is 10.0 Å². The van der Waals surface area contributed by atoms with Crippen molar-refractivity contribution in [2.75, 3.05) is 5.32 Å². The Morgan fingerprint density at radius 1 is 0.821 bits per heavy atom. The lowest BCUT2D eigenvalue weighted by molar-refractivity contribution is -0.111. The number of hydrazone groups is 1. The normalized spacial score (nSPS) is 10.9. The summed E-state index contributed by atoms with van der Waals surface area (Å²) < 4.78 is 5.47. The summed E-state index contributed by atoms with van der Waals surface area (Å²) in [5, 5.41) is 7.28. The Balaban J connectivity index is 1.33. The van der Waals surface area contributed by atoms with Crippen LogP contribution in [0.15, 0.2) is 108 Å². The van der Waals surface area contributed by atoms with Crippen LogP contribution >= 0.6 is 23.2 Å². The Labute approximate surface area is 234 Å². The van der Waals surface area contributed by atoms with E-state index >= 15 is 0 Å². The third-order valence-corrected chi connectivity index (χ3v) is 5.83. The molecule has 0 aliphatic heterocycles. The third kappa shape index (κ3) is 7.88. The fraction of sp³-hybridized carbons (Fsp3) is 0. The van der Waals surface area contributed by atoms with Crippen molar-refractivity contribution in [3.05, 3.63) is 135 Å². The van der Waals surface area contributed by atoms with E-state index in [1.807, 2.05) is 30.3 Å². The molecule has 0 heterocycles. The van der Waals surface area contributed by atoms with Gasteiger partial charge in [-0.3, -0.25) is 9.59 Å². The number of esters is 1. The Bertz CT molecular complexity index is 1550. The van der Waals surface area contributed by atoms with Crippen molar-refractivity contribution in [3.63, 3.8) is 0 Å². The molecule has 0 atom stereocenters. The molecular weight excluding hydrogens is 537 g/mol. The molecule has 9 heteroatoms. The van der Waals surface area contributed by atoms with E-state index in [0.717, 1.165) is 5.56 Å². The van der Waals surface area contributed by atoms with Gasteiger partial charge in [0.25, 0.3) is 5.91 Å². The van der Waals surface area contributed by atoms with Crippen molar-refractivity contribution >= 4 is 59.0 Å². The molecule has 7 nitrogen and oxygen atoms in total. The SMILES string of the molecule is O=C(/C=C/c1ccccc1)Nc1ccc(C(=O)N/N=C\c2ccccc2OC(=O)c2ccc(Cl)cc2Cl)cc1. The first kappa shape index (κ1) is 27.3. The zero-order valence-electron chi connectivity index (χ0n) is 20.3. The van der Waals surface area contributed by atoms with E-state index in [9.17, 15) is 14.4 Å². The minimum atomic E-state index is -0.663. The van der Waals surface area contributed by atoms with E-state index < -0.39 is 11.9 Å². The van der Waals surface area contributed by atoms with Crippen LogP contribution in [0.5, 0.6) is 5.75 Å². The lowest BCUT2D eigenvalue weighted by atomic mass is 10.2. The van der Waals surface area contributed by atoms with Gasteiger partial charge in [-0.25, -0.2) is 10.2 Å². The van der Waals surface area contributed by atoms with Crippen LogP contribution in [-0.4, -0.2) is 24.0 Å². The van der Waals surface area contributed by atoms with Gasteiger partial charge in [0.15, 0.2) is 0 Å². The Morgan fingerprint density at radius 2 is 1.54 bits per heavy atom. The van der Waals surface area contributed by atoms with Gasteiger partial charge in [-0.05, 0) is 66.2 Å². The summed E-state index contributed by atoms with van der Waals surface area (Å²) in [5.41, 5.74) is 4.83. The number of nitrogens with zero attached hydrogens (tertiary/aromatic N) is 1. The average Bonchev–Trinajstić information content (AvgIpc) is 2.93. The average molecular weight is 558 g/mol. The molecule has 0 aliphatic carbocycles. The Hall–Kier alpha value is -4.72. The molecule has 0 unspecified atom stereocenters. The van der Waals surface area contributed by atoms with Gasteiger partial charge >= 0.3 is 5.97 Å². The van der Waals surface area contributed by atoms with Gasteiger partial charge in [-0.2, -0.15) is 5.10 Å². The first-order chi connectivity index (χ1) is 18.9. The van der Waals surface area contributed by atoms with Crippen LogP contribution in [0.3, 0.4) is 0 Å². The zero-order valence-corrected chi connectivity index (χ0v) is 21.8. The molecule has 0 radical (unpaired) electrons. The van der Waals surface area contributed by atoms with E-state index in [4.69, 9.17) is 27.9 Å². The van der Waals surface area contributed by atoms with Gasteiger partial charge in [0.05, 0.1) is 16.8 Å². The fourth-order valence-electron chi connectivity index (χ4n) is 3.34. The summed E-state index contributed by atoms with van der Waals surface area (Å²) in [7, 11) is 0. The fourth-order valence-corrected chi connectivity index (χ4v) is 3.83. The van der Waals surface area contributed by atoms with Crippen LogP contribution in [0.25, 0.3) is 6.08 Å². The zero-order chi connectivity index (χ0) is 27.6. The number of para-hydroxylation sites is 1. The van der Waals surface area contributed by atoms with Gasteiger partial charge < -0.3 is 10.1 Å². The maximum absolute atomic E-state index is 12.6. The highest BCUT2D eigenvalue weighted by molar-refractivity contribution is 6.36. The second kappa shape index (κ2) is 13.2. The second-order valence-corrected chi connectivity index (χ2v) is 8.90. The summed E-state index contributed by atoms with van der Waals surface area (Å²) in [6.07, 6.45) is 4.50. The van der Waals surface area contributed by atoms with Gasteiger partial charge in [0.1, 0.15) is 5.75 Å². The van der Waals surface area contributed by atoms with Crippen LogP contribution < -0.4 is 15.5 Å². The molecule has 0 saturated heterocycles. The van der Waals surface area contributed by atoms with Crippen LogP contribution in [0, 0.1) is 0 Å². The van der Waals surface area contributed by atoms with Gasteiger partial charge in [-0.15, -0.1) is 0 Å². The highest BCUT2D eigenvalue weighted by atomic mass is 35.5. The monoisotopic (exact) mass is 557 g/mol. The summed E-state index contributed by atoms with van der Waals surface area (Å²) in [6.45, 7) is 0. The molecule has 2 N–H and O–H groups in total. The van der Waals surface area contributed by atoms with Crippen LogP contribution in [0.4, 0.5) is 5.69 Å². The molecule has 0 aromatic heterocycles. The molecule has 0 bridgehead atoms. The number of carbonyl (C=O) groups is 3. The van der Waals surface area contributed by atoms with Gasteiger partial charge in [0, 0.05) is 27.9 Å². The first-order valence-corrected chi connectivity index (χ1v) is 12.4. The Morgan fingerprint density at radius 3 is 2.28 bits per heavy atom. The minimum Gasteiger partial charge on any atom is -0.422 e. The number of hydrogen-bond donors (Lipinski definition) is 2. The number of rotatable bonds is 8. The first-order valence-electron chi connectivity index (χ1n) is 11.6. The van der Waals surface area contributed by atoms with Gasteiger partial charge in [-0.1, -0.05) is 65.7 Å². The maximum atomic E-state index is 12.6. The number of hydrogen-bond acceptors (Lipinski definition) is 5. The standard InChI is InChI=1S/C30H21Cl2N3O4/c31-23-13-16-25(26(32)18-23)30(38)39-27-9-5-4-8-22(27)19-33-35-29(37)21-11-14-24(15-12-21)34-28(36)17-10-20-6-2-1-3-7-20/h1-19H,(H,34,36)(H,35,37)/b17-10+,33-19-. The predicted octanol–water partition coefficient (Wildman–Crippen LogP) is 6.63. The van der Waals surface area contributed by atoms with Crippen molar-refractivity contribution in [2.24, 2.45) is 5.10 Å². The molecule has 39 heavy (non-hydrogen) atoms. The van der Waals surface area contributed by atoms with Crippen molar-refractivity contribution in [2.45, 2.75) is 0 Å². The van der Waals surface area contributed by atoms with Crippen molar-refractivity contribution in [1.29, 1.82) is 0 Å². The van der Waals surface area contributed by atoms with E-state index in [0.29, 0.717) is 21.8 Å². The van der Waals surface area contributed by atoms with E-state index in [2.05, 4.69) is 15.8 Å². The maximum Gasteiger partial charge on any atom is 0.345 e. The topological polar surface area (TPSA) is 96.9 Å². The van der Waals surface area contributed by atoms with E-state index in [1.165, 1.54) is 30.5 Å². The summed E-state index contributed by atoms with van der Waals surface area (Å²) in [6, 6.07) is 27.0. The molecule has 0 fully saturated rings. The third-order valence-electron chi connectivity index (χ3n) is 5.28. The van der Waals surface area contributed by atoms with Crippen molar-refractivity contribution < 1.29 is 19.1 Å². The highest BCUT2D eigenvalue weighted by Crippen LogP contribution is 2.24. The van der Waals surface area contributed by atoms with E-state index in [-0.39, 0.29) is 22.2 Å². The summed E-state index contributed by atoms with van der Waals surface area (Å²) in [4.78, 5) is 37.2. The largest absolute Gasteiger partial charge is 0.422 e. The molecule has 194 valence electrons. The lowest BCUT2D eigenvalue weighted by Crippen LogP contribution is -2.18. The molecule has 4 aromatic carbocycles. The predicted molar refractivity (Wildman–Crippen MR) is 153 cm³/mol. The highest BCUT2D eigenvalue weighted by Gasteiger charge is 2.15. The van der Waals surface area contributed by atoms with Crippen molar-refractivity contribution in [1.82, 2.24) is 5.43 Å². The number of halogens is 2. The molecular formula is C30H21Cl2N3O4. The van der Waals surface area contributed by atoms with Crippen LogP contribution in [-0.2, 0) is 4.79 Å². The number of amides is 2. The number of anilines is 1. The number of carbonyl (C=O) groups excluding carboxylic acids is 3. The summed E-state index contributed by atoms with van der Waals surface area (Å²) in [5.74, 6) is -1.19. The smallest absolute Gasteiger partial charge is 0.345 e. The molecule has 0 aliphatic rings. The number of nitrogens with one attached hydrogen (secondary N) is 2. The number of benzene rings is 4.